The zero-order valence-electron chi connectivity index (χ0n) is 12.2. The monoisotopic (exact) mass is 327 g/mol. The number of carbonyl (C=O) groups excluding carboxylic acids is 1. The number of carbonyl (C=O) groups is 1. The van der Waals surface area contributed by atoms with Gasteiger partial charge in [0.2, 0.25) is 5.91 Å². The number of halogens is 1. The topological polar surface area (TPSA) is 35.6 Å². The Morgan fingerprint density at radius 1 is 1.38 bits per heavy atom. The summed E-state index contributed by atoms with van der Waals surface area (Å²) >= 11 is 7.89. The first-order chi connectivity index (χ1) is 10.2. The van der Waals surface area contributed by atoms with E-state index >= 15 is 0 Å². The predicted molar refractivity (Wildman–Crippen MR) is 86.8 cm³/mol. The molecule has 3 heterocycles. The molecule has 6 heteroatoms. The number of piperidine rings is 1. The number of amides is 1. The van der Waals surface area contributed by atoms with Gasteiger partial charge >= 0.3 is 0 Å². The normalized spacial score (nSPS) is 24.2. The molecule has 0 radical (unpaired) electrons. The third-order valence-electron chi connectivity index (χ3n) is 4.34. The van der Waals surface area contributed by atoms with Gasteiger partial charge in [0.05, 0.1) is 10.9 Å². The van der Waals surface area contributed by atoms with Gasteiger partial charge in [-0.05, 0) is 30.8 Å². The second kappa shape index (κ2) is 7.09. The van der Waals surface area contributed by atoms with Crippen LogP contribution in [0.4, 0.5) is 0 Å². The van der Waals surface area contributed by atoms with E-state index in [1.54, 1.807) is 11.3 Å². The number of hydrogen-bond donors (Lipinski definition) is 1. The number of hydrogen-bond acceptors (Lipinski definition) is 4. The minimum Gasteiger partial charge on any atom is -0.340 e. The summed E-state index contributed by atoms with van der Waals surface area (Å²) in [5.74, 6) is 0.508. The Morgan fingerprint density at radius 2 is 2.19 bits per heavy atom. The van der Waals surface area contributed by atoms with Gasteiger partial charge in [-0.1, -0.05) is 11.6 Å². The number of rotatable bonds is 3. The van der Waals surface area contributed by atoms with Crippen LogP contribution in [0.3, 0.4) is 0 Å². The van der Waals surface area contributed by atoms with E-state index in [1.165, 1.54) is 4.88 Å². The van der Waals surface area contributed by atoms with Crippen LogP contribution in [-0.4, -0.2) is 55.0 Å². The second-order valence-corrected chi connectivity index (χ2v) is 7.25. The molecule has 2 saturated heterocycles. The summed E-state index contributed by atoms with van der Waals surface area (Å²) in [5.41, 5.74) is 0. The van der Waals surface area contributed by atoms with E-state index in [2.05, 4.69) is 10.2 Å². The van der Waals surface area contributed by atoms with Crippen molar-refractivity contribution in [3.63, 3.8) is 0 Å². The average molecular weight is 328 g/mol. The van der Waals surface area contributed by atoms with E-state index < -0.39 is 0 Å². The number of nitrogens with zero attached hydrogens (tertiary/aromatic N) is 2. The first-order valence-electron chi connectivity index (χ1n) is 7.68. The maximum absolute atomic E-state index is 12.6. The third-order valence-corrected chi connectivity index (χ3v) is 5.71. The maximum atomic E-state index is 12.6. The summed E-state index contributed by atoms with van der Waals surface area (Å²) in [5, 5.41) is 6.19. The highest BCUT2D eigenvalue weighted by Gasteiger charge is 2.30. The molecule has 0 aliphatic carbocycles. The van der Waals surface area contributed by atoms with Gasteiger partial charge in [-0.3, -0.25) is 9.69 Å². The molecule has 1 amide bonds. The standard InChI is InChI=1S/C15H22ClN3OS/c16-13-3-9-21-14(13)11-18-6-1-2-12(10-18)15(20)19-7-4-17-5-8-19/h3,9,12,17H,1-2,4-8,10-11H2. The van der Waals surface area contributed by atoms with Crippen LogP contribution in [-0.2, 0) is 11.3 Å². The van der Waals surface area contributed by atoms with Crippen molar-refractivity contribution in [2.75, 3.05) is 39.3 Å². The Bertz CT molecular complexity index is 487. The molecule has 2 aliphatic rings. The minimum atomic E-state index is 0.163. The fourth-order valence-corrected chi connectivity index (χ4v) is 4.32. The second-order valence-electron chi connectivity index (χ2n) is 5.84. The van der Waals surface area contributed by atoms with Crippen molar-refractivity contribution in [3.05, 3.63) is 21.3 Å². The lowest BCUT2D eigenvalue weighted by molar-refractivity contribution is -0.138. The molecule has 0 spiro atoms. The first-order valence-corrected chi connectivity index (χ1v) is 8.93. The zero-order chi connectivity index (χ0) is 14.7. The van der Waals surface area contributed by atoms with Crippen molar-refractivity contribution in [1.82, 2.24) is 15.1 Å². The lowest BCUT2D eigenvalue weighted by Crippen LogP contribution is -2.51. The molecular weight excluding hydrogens is 306 g/mol. The van der Waals surface area contributed by atoms with Gasteiger partial charge in [-0.15, -0.1) is 11.3 Å². The van der Waals surface area contributed by atoms with Gasteiger partial charge in [0, 0.05) is 44.1 Å². The number of piperazine rings is 1. The smallest absolute Gasteiger partial charge is 0.227 e. The van der Waals surface area contributed by atoms with E-state index in [0.717, 1.165) is 63.7 Å². The van der Waals surface area contributed by atoms with Gasteiger partial charge in [0.1, 0.15) is 0 Å². The SMILES string of the molecule is O=C(C1CCCN(Cc2sccc2Cl)C1)N1CCNCC1. The largest absolute Gasteiger partial charge is 0.340 e. The highest BCUT2D eigenvalue weighted by molar-refractivity contribution is 7.10. The lowest BCUT2D eigenvalue weighted by Gasteiger charge is -2.36. The molecular formula is C15H22ClN3OS. The van der Waals surface area contributed by atoms with Crippen LogP contribution < -0.4 is 5.32 Å². The number of thiophene rings is 1. The fraction of sp³-hybridized carbons (Fsp3) is 0.667. The summed E-state index contributed by atoms with van der Waals surface area (Å²) in [6, 6.07) is 1.95. The van der Waals surface area contributed by atoms with Gasteiger partial charge in [0.25, 0.3) is 0 Å². The molecule has 3 rings (SSSR count). The summed E-state index contributed by atoms with van der Waals surface area (Å²) in [7, 11) is 0. The molecule has 1 unspecified atom stereocenters. The Hall–Kier alpha value is -0.620. The average Bonchev–Trinajstić information content (AvgIpc) is 2.93. The zero-order valence-corrected chi connectivity index (χ0v) is 13.8. The molecule has 4 nitrogen and oxygen atoms in total. The molecule has 0 aromatic carbocycles. The van der Waals surface area contributed by atoms with Crippen LogP contribution >= 0.6 is 22.9 Å². The maximum Gasteiger partial charge on any atom is 0.227 e. The lowest BCUT2D eigenvalue weighted by atomic mass is 9.96. The van der Waals surface area contributed by atoms with Gasteiger partial charge in [0.15, 0.2) is 0 Å². The molecule has 1 N–H and O–H groups in total. The quantitative estimate of drug-likeness (QED) is 0.923. The van der Waals surface area contributed by atoms with Crippen LogP contribution in [0, 0.1) is 5.92 Å². The van der Waals surface area contributed by atoms with Crippen LogP contribution in [0.2, 0.25) is 5.02 Å². The molecule has 2 aliphatic heterocycles. The van der Waals surface area contributed by atoms with Gasteiger partial charge < -0.3 is 10.2 Å². The Balaban J connectivity index is 1.57. The van der Waals surface area contributed by atoms with Crippen molar-refractivity contribution >= 4 is 28.8 Å². The molecule has 1 aromatic rings. The first kappa shape index (κ1) is 15.3. The van der Waals surface area contributed by atoms with E-state index in [-0.39, 0.29) is 5.92 Å². The summed E-state index contributed by atoms with van der Waals surface area (Å²) in [4.78, 5) is 18.2. The summed E-state index contributed by atoms with van der Waals surface area (Å²) < 4.78 is 0. The fourth-order valence-electron chi connectivity index (χ4n) is 3.19. The van der Waals surface area contributed by atoms with Crippen molar-refractivity contribution in [1.29, 1.82) is 0 Å². The van der Waals surface area contributed by atoms with Crippen LogP contribution in [0.25, 0.3) is 0 Å². The Morgan fingerprint density at radius 3 is 2.90 bits per heavy atom. The minimum absolute atomic E-state index is 0.163. The van der Waals surface area contributed by atoms with Crippen LogP contribution in [0.1, 0.15) is 17.7 Å². The van der Waals surface area contributed by atoms with Gasteiger partial charge in [-0.2, -0.15) is 0 Å². The van der Waals surface area contributed by atoms with Crippen molar-refractivity contribution in [2.24, 2.45) is 5.92 Å². The van der Waals surface area contributed by atoms with Crippen LogP contribution in [0.5, 0.6) is 0 Å². The molecule has 116 valence electrons. The third kappa shape index (κ3) is 3.77. The van der Waals surface area contributed by atoms with Crippen molar-refractivity contribution < 1.29 is 4.79 Å². The molecule has 0 bridgehead atoms. The molecule has 1 atom stereocenters. The van der Waals surface area contributed by atoms with E-state index in [4.69, 9.17) is 11.6 Å². The predicted octanol–water partition coefficient (Wildman–Crippen LogP) is 2.05. The number of nitrogens with one attached hydrogen (secondary N) is 1. The molecule has 2 fully saturated rings. The van der Waals surface area contributed by atoms with Gasteiger partial charge in [-0.25, -0.2) is 0 Å². The van der Waals surface area contributed by atoms with Crippen LogP contribution in [0.15, 0.2) is 11.4 Å². The number of likely N-dealkylation sites (tertiary alicyclic amines) is 1. The molecule has 1 aromatic heterocycles. The summed E-state index contributed by atoms with van der Waals surface area (Å²) in [6.07, 6.45) is 2.13. The summed E-state index contributed by atoms with van der Waals surface area (Å²) in [6.45, 7) is 6.37. The Kier molecular flexibility index (Phi) is 5.16. The molecule has 0 saturated carbocycles. The highest BCUT2D eigenvalue weighted by atomic mass is 35.5. The van der Waals surface area contributed by atoms with Crippen molar-refractivity contribution in [3.8, 4) is 0 Å². The molecule has 21 heavy (non-hydrogen) atoms. The van der Waals surface area contributed by atoms with E-state index in [1.807, 2.05) is 16.3 Å². The van der Waals surface area contributed by atoms with Crippen molar-refractivity contribution in [2.45, 2.75) is 19.4 Å². The Labute approximate surface area is 135 Å². The van der Waals surface area contributed by atoms with E-state index in [9.17, 15) is 4.79 Å². The highest BCUT2D eigenvalue weighted by Crippen LogP contribution is 2.26. The van der Waals surface area contributed by atoms with E-state index in [0.29, 0.717) is 5.91 Å².